The zero-order valence-electron chi connectivity index (χ0n) is 11.7. The van der Waals surface area contributed by atoms with Crippen LogP contribution < -0.4 is 10.9 Å². The molecule has 2 unspecified atom stereocenters. The van der Waals surface area contributed by atoms with Crippen LogP contribution in [0.4, 0.5) is 11.5 Å². The molecule has 2 atom stereocenters. The van der Waals surface area contributed by atoms with Gasteiger partial charge in [-0.2, -0.15) is 0 Å². The molecule has 1 fully saturated rings. The predicted octanol–water partition coefficient (Wildman–Crippen LogP) is 2.20. The van der Waals surface area contributed by atoms with E-state index in [2.05, 4.69) is 17.2 Å². The topological polar surface area (TPSA) is 89.5 Å². The minimum absolute atomic E-state index is 0.0832. The lowest BCUT2D eigenvalue weighted by Gasteiger charge is -2.07. The molecular formula is C14H16N4O3. The highest BCUT2D eigenvalue weighted by atomic mass is 16.6. The zero-order valence-corrected chi connectivity index (χ0v) is 11.7. The van der Waals surface area contributed by atoms with Crippen molar-refractivity contribution in [1.82, 2.24) is 9.38 Å². The molecule has 110 valence electrons. The molecule has 21 heavy (non-hydrogen) atoms. The second-order valence-corrected chi connectivity index (χ2v) is 5.34. The Kier molecular flexibility index (Phi) is 3.32. The van der Waals surface area contributed by atoms with Crippen LogP contribution in [0.5, 0.6) is 0 Å². The second kappa shape index (κ2) is 5.16. The molecule has 3 rings (SSSR count). The monoisotopic (exact) mass is 288 g/mol. The van der Waals surface area contributed by atoms with E-state index in [-0.39, 0.29) is 11.9 Å². The van der Waals surface area contributed by atoms with Crippen LogP contribution in [-0.2, 0) is 0 Å². The van der Waals surface area contributed by atoms with Crippen molar-refractivity contribution in [3.8, 4) is 0 Å². The molecule has 1 N–H and O–H groups in total. The molecule has 0 saturated heterocycles. The summed E-state index contributed by atoms with van der Waals surface area (Å²) in [6.07, 6.45) is 4.62. The average molecular weight is 288 g/mol. The van der Waals surface area contributed by atoms with Gasteiger partial charge in [-0.05, 0) is 30.9 Å². The first kappa shape index (κ1) is 13.5. The van der Waals surface area contributed by atoms with Crippen LogP contribution in [0.15, 0.2) is 29.2 Å². The van der Waals surface area contributed by atoms with Crippen molar-refractivity contribution in [1.29, 1.82) is 0 Å². The van der Waals surface area contributed by atoms with Crippen LogP contribution >= 0.6 is 0 Å². The van der Waals surface area contributed by atoms with Gasteiger partial charge in [-0.15, -0.1) is 0 Å². The third-order valence-electron chi connectivity index (χ3n) is 3.80. The summed E-state index contributed by atoms with van der Waals surface area (Å²) in [5.74, 6) is 0.602. The predicted molar refractivity (Wildman–Crippen MR) is 78.5 cm³/mol. The lowest BCUT2D eigenvalue weighted by molar-refractivity contribution is -0.385. The summed E-state index contributed by atoms with van der Waals surface area (Å²) >= 11 is 0. The van der Waals surface area contributed by atoms with E-state index in [1.807, 2.05) is 0 Å². The van der Waals surface area contributed by atoms with E-state index in [1.165, 1.54) is 10.6 Å². The number of pyridine rings is 1. The van der Waals surface area contributed by atoms with Crippen LogP contribution in [0.25, 0.3) is 5.65 Å². The Hall–Kier alpha value is -2.44. The van der Waals surface area contributed by atoms with E-state index in [9.17, 15) is 14.9 Å². The summed E-state index contributed by atoms with van der Waals surface area (Å²) in [4.78, 5) is 27.0. The number of fused-ring (bicyclic) bond motifs is 1. The number of nitro groups is 1. The Bertz CT molecular complexity index is 755. The zero-order chi connectivity index (χ0) is 15.0. The van der Waals surface area contributed by atoms with Crippen molar-refractivity contribution in [2.24, 2.45) is 5.92 Å². The third kappa shape index (κ3) is 2.46. The Labute approximate surface area is 120 Å². The maximum Gasteiger partial charge on any atom is 0.376 e. The largest absolute Gasteiger partial charge is 0.376 e. The number of rotatable bonds is 5. The molecule has 0 radical (unpaired) electrons. The summed E-state index contributed by atoms with van der Waals surface area (Å²) in [5.41, 5.74) is -0.732. The molecule has 0 aromatic carbocycles. The highest BCUT2D eigenvalue weighted by Gasteiger charge is 2.38. The molecule has 0 aliphatic heterocycles. The van der Waals surface area contributed by atoms with Gasteiger partial charge >= 0.3 is 11.2 Å². The molecule has 0 bridgehead atoms. The number of nitrogens with one attached hydrogen (secondary N) is 1. The van der Waals surface area contributed by atoms with Gasteiger partial charge in [0.15, 0.2) is 0 Å². The van der Waals surface area contributed by atoms with Crippen LogP contribution in [-0.4, -0.2) is 20.3 Å². The maximum atomic E-state index is 12.2. The maximum absolute atomic E-state index is 12.2. The molecule has 2 aromatic heterocycles. The van der Waals surface area contributed by atoms with E-state index in [4.69, 9.17) is 0 Å². The standard InChI is InChI=1S/C14H16N4O3/c1-2-5-9-8-10(9)15-13-12(18(20)21)14(19)17-7-4-3-6-11(17)16-13/h3-4,6-7,9-10,15H,2,5,8H2,1H3. The average Bonchev–Trinajstić information content (AvgIpc) is 3.17. The molecule has 1 saturated carbocycles. The second-order valence-electron chi connectivity index (χ2n) is 5.34. The van der Waals surface area contributed by atoms with Gasteiger partial charge in [0, 0.05) is 12.2 Å². The van der Waals surface area contributed by atoms with E-state index in [1.54, 1.807) is 18.2 Å². The lowest BCUT2D eigenvalue weighted by Crippen LogP contribution is -2.22. The lowest BCUT2D eigenvalue weighted by atomic mass is 10.2. The van der Waals surface area contributed by atoms with Gasteiger partial charge in [-0.3, -0.25) is 19.3 Å². The van der Waals surface area contributed by atoms with Gasteiger partial charge in [0.05, 0.1) is 4.92 Å². The Balaban J connectivity index is 2.02. The molecule has 2 aromatic rings. The van der Waals surface area contributed by atoms with Crippen molar-refractivity contribution in [2.75, 3.05) is 5.32 Å². The quantitative estimate of drug-likeness (QED) is 0.673. The first-order valence-electron chi connectivity index (χ1n) is 7.04. The van der Waals surface area contributed by atoms with E-state index in [0.29, 0.717) is 11.6 Å². The van der Waals surface area contributed by atoms with Gasteiger partial charge in [-0.1, -0.05) is 19.4 Å². The molecule has 1 aliphatic carbocycles. The summed E-state index contributed by atoms with van der Waals surface area (Å²) in [5, 5.41) is 14.3. The van der Waals surface area contributed by atoms with Crippen LogP contribution in [0.1, 0.15) is 26.2 Å². The van der Waals surface area contributed by atoms with Crippen LogP contribution in [0.2, 0.25) is 0 Å². The summed E-state index contributed by atoms with van der Waals surface area (Å²) in [6, 6.07) is 5.23. The molecule has 1 aliphatic rings. The van der Waals surface area contributed by atoms with Crippen molar-refractivity contribution in [3.63, 3.8) is 0 Å². The third-order valence-corrected chi connectivity index (χ3v) is 3.80. The minimum atomic E-state index is -0.658. The fraction of sp³-hybridized carbons (Fsp3) is 0.429. The summed E-state index contributed by atoms with van der Waals surface area (Å²) < 4.78 is 1.19. The van der Waals surface area contributed by atoms with Crippen molar-refractivity contribution in [3.05, 3.63) is 44.9 Å². The van der Waals surface area contributed by atoms with Crippen molar-refractivity contribution < 1.29 is 4.92 Å². The number of hydrogen-bond acceptors (Lipinski definition) is 5. The number of anilines is 1. The molecule has 7 nitrogen and oxygen atoms in total. The molecule has 0 spiro atoms. The molecule has 0 amide bonds. The molecule has 7 heteroatoms. The van der Waals surface area contributed by atoms with E-state index in [0.717, 1.165) is 19.3 Å². The van der Waals surface area contributed by atoms with Gasteiger partial charge in [0.1, 0.15) is 5.65 Å². The fourth-order valence-corrected chi connectivity index (χ4v) is 2.63. The van der Waals surface area contributed by atoms with Crippen LogP contribution in [0.3, 0.4) is 0 Å². The summed E-state index contributed by atoms with van der Waals surface area (Å²) in [6.45, 7) is 2.11. The van der Waals surface area contributed by atoms with Gasteiger partial charge in [0.2, 0.25) is 5.82 Å². The number of hydrogen-bond donors (Lipinski definition) is 1. The SMILES string of the molecule is CCCC1CC1Nc1nc2ccccn2c(=O)c1[N+](=O)[O-]. The van der Waals surface area contributed by atoms with Gasteiger partial charge in [0.25, 0.3) is 0 Å². The van der Waals surface area contributed by atoms with Crippen LogP contribution in [0, 0.1) is 16.0 Å². The van der Waals surface area contributed by atoms with E-state index < -0.39 is 16.2 Å². The highest BCUT2D eigenvalue weighted by molar-refractivity contribution is 5.60. The van der Waals surface area contributed by atoms with Gasteiger partial charge in [-0.25, -0.2) is 4.98 Å². The summed E-state index contributed by atoms with van der Waals surface area (Å²) in [7, 11) is 0. The Morgan fingerprint density at radius 2 is 2.33 bits per heavy atom. The van der Waals surface area contributed by atoms with E-state index >= 15 is 0 Å². The van der Waals surface area contributed by atoms with Crippen molar-refractivity contribution in [2.45, 2.75) is 32.2 Å². The molecule has 2 heterocycles. The fourth-order valence-electron chi connectivity index (χ4n) is 2.63. The Morgan fingerprint density at radius 3 is 3.05 bits per heavy atom. The Morgan fingerprint density at radius 1 is 1.52 bits per heavy atom. The number of nitrogens with zero attached hydrogens (tertiary/aromatic N) is 3. The smallest absolute Gasteiger partial charge is 0.361 e. The minimum Gasteiger partial charge on any atom is -0.361 e. The first-order valence-corrected chi connectivity index (χ1v) is 7.04. The first-order chi connectivity index (χ1) is 10.1. The normalized spacial score (nSPS) is 20.4. The van der Waals surface area contributed by atoms with Gasteiger partial charge < -0.3 is 5.32 Å². The molecular weight excluding hydrogens is 272 g/mol. The highest BCUT2D eigenvalue weighted by Crippen LogP contribution is 2.38. The van der Waals surface area contributed by atoms with Crippen molar-refractivity contribution >= 4 is 17.2 Å². The number of aromatic nitrogens is 2.